The van der Waals surface area contributed by atoms with E-state index < -0.39 is 0 Å². The molecule has 0 spiro atoms. The van der Waals surface area contributed by atoms with Crippen LogP contribution in [0.5, 0.6) is 0 Å². The minimum absolute atomic E-state index is 0.117. The summed E-state index contributed by atoms with van der Waals surface area (Å²) in [4.78, 5) is 28.4. The van der Waals surface area contributed by atoms with Crippen molar-refractivity contribution in [1.82, 2.24) is 5.32 Å². The lowest BCUT2D eigenvalue weighted by Gasteiger charge is -2.02. The van der Waals surface area contributed by atoms with Gasteiger partial charge in [0, 0.05) is 12.6 Å². The smallest absolute Gasteiger partial charge is 0.264 e. The van der Waals surface area contributed by atoms with Crippen LogP contribution in [0.2, 0.25) is 0 Å². The standard InChI is InChI=1S/C20H19N3O2S/c1-12-4-5-13(2)17(10-12)22-20-23-19(25)18(26-20)11-15-6-8-16(9-7-15)21-14(3)24/h4-11H,1-3H3,(H,21,24)(H,22,23,25)/b18-11-. The van der Waals surface area contributed by atoms with Gasteiger partial charge in [0.2, 0.25) is 5.91 Å². The maximum absolute atomic E-state index is 12.2. The van der Waals surface area contributed by atoms with E-state index in [1.807, 2.05) is 50.3 Å². The summed E-state index contributed by atoms with van der Waals surface area (Å²) in [6, 6.07) is 13.4. The van der Waals surface area contributed by atoms with E-state index in [-0.39, 0.29) is 11.8 Å². The van der Waals surface area contributed by atoms with Crippen molar-refractivity contribution in [3.8, 4) is 0 Å². The highest BCUT2D eigenvalue weighted by atomic mass is 32.2. The summed E-state index contributed by atoms with van der Waals surface area (Å²) in [6.07, 6.45) is 1.81. The third kappa shape index (κ3) is 4.40. The van der Waals surface area contributed by atoms with Crippen molar-refractivity contribution in [1.29, 1.82) is 0 Å². The van der Waals surface area contributed by atoms with Gasteiger partial charge in [-0.05, 0) is 66.6 Å². The lowest BCUT2D eigenvalue weighted by molar-refractivity contribution is -0.115. The van der Waals surface area contributed by atoms with Crippen molar-refractivity contribution < 1.29 is 9.59 Å². The number of nitrogens with zero attached hydrogens (tertiary/aromatic N) is 1. The highest BCUT2D eigenvalue weighted by Gasteiger charge is 2.23. The molecule has 1 fully saturated rings. The molecule has 1 saturated heterocycles. The number of aryl methyl sites for hydroxylation is 2. The molecule has 0 aromatic heterocycles. The zero-order valence-electron chi connectivity index (χ0n) is 14.8. The average Bonchev–Trinajstić information content (AvgIpc) is 2.92. The Morgan fingerprint density at radius 2 is 1.88 bits per heavy atom. The second-order valence-electron chi connectivity index (χ2n) is 6.07. The van der Waals surface area contributed by atoms with Crippen LogP contribution in [-0.2, 0) is 9.59 Å². The average molecular weight is 365 g/mol. The van der Waals surface area contributed by atoms with Gasteiger partial charge in [0.05, 0.1) is 10.6 Å². The highest BCUT2D eigenvalue weighted by molar-refractivity contribution is 8.18. The number of amidine groups is 1. The molecular formula is C20H19N3O2S. The number of carbonyl (C=O) groups excluding carboxylic acids is 2. The molecule has 2 aromatic rings. The molecule has 1 aliphatic heterocycles. The van der Waals surface area contributed by atoms with Gasteiger partial charge >= 0.3 is 0 Å². The predicted molar refractivity (Wildman–Crippen MR) is 107 cm³/mol. The van der Waals surface area contributed by atoms with E-state index in [0.29, 0.717) is 10.1 Å². The molecular weight excluding hydrogens is 346 g/mol. The van der Waals surface area contributed by atoms with Crippen LogP contribution in [0.1, 0.15) is 23.6 Å². The first-order valence-electron chi connectivity index (χ1n) is 8.15. The summed E-state index contributed by atoms with van der Waals surface area (Å²) in [5.41, 5.74) is 4.64. The number of aliphatic imine (C=N–C) groups is 1. The molecule has 132 valence electrons. The van der Waals surface area contributed by atoms with Gasteiger partial charge in [0.1, 0.15) is 0 Å². The number of amides is 2. The molecule has 6 heteroatoms. The van der Waals surface area contributed by atoms with Crippen LogP contribution in [-0.4, -0.2) is 17.0 Å². The lowest BCUT2D eigenvalue weighted by atomic mass is 10.1. The Hall–Kier alpha value is -2.86. The third-order valence-corrected chi connectivity index (χ3v) is 4.68. The van der Waals surface area contributed by atoms with Gasteiger partial charge in [-0.3, -0.25) is 9.59 Å². The van der Waals surface area contributed by atoms with Crippen LogP contribution >= 0.6 is 11.8 Å². The fourth-order valence-electron chi connectivity index (χ4n) is 2.45. The van der Waals surface area contributed by atoms with Gasteiger partial charge in [-0.25, -0.2) is 4.99 Å². The molecule has 1 aliphatic rings. The van der Waals surface area contributed by atoms with Gasteiger partial charge in [-0.1, -0.05) is 24.3 Å². The monoisotopic (exact) mass is 365 g/mol. The minimum atomic E-state index is -0.162. The second kappa shape index (κ2) is 7.58. The molecule has 26 heavy (non-hydrogen) atoms. The zero-order chi connectivity index (χ0) is 18.7. The second-order valence-corrected chi connectivity index (χ2v) is 7.11. The Labute approximate surface area is 156 Å². The number of thioether (sulfide) groups is 1. The summed E-state index contributed by atoms with van der Waals surface area (Å²) in [7, 11) is 0. The lowest BCUT2D eigenvalue weighted by Crippen LogP contribution is -2.19. The molecule has 0 unspecified atom stereocenters. The fraction of sp³-hybridized carbons (Fsp3) is 0.150. The SMILES string of the molecule is CC(=O)Nc1ccc(/C=C2\SC(=Nc3cc(C)ccc3C)NC2=O)cc1. The van der Waals surface area contributed by atoms with Crippen molar-refractivity contribution >= 4 is 46.2 Å². The van der Waals surface area contributed by atoms with Gasteiger partial charge in [-0.15, -0.1) is 0 Å². The predicted octanol–water partition coefficient (Wildman–Crippen LogP) is 4.15. The Bertz CT molecular complexity index is 931. The Morgan fingerprint density at radius 3 is 2.58 bits per heavy atom. The third-order valence-electron chi connectivity index (χ3n) is 3.77. The van der Waals surface area contributed by atoms with Crippen LogP contribution in [0.25, 0.3) is 6.08 Å². The molecule has 0 radical (unpaired) electrons. The number of anilines is 1. The normalized spacial score (nSPS) is 16.8. The maximum atomic E-state index is 12.2. The first-order valence-corrected chi connectivity index (χ1v) is 8.97. The number of hydrogen-bond donors (Lipinski definition) is 2. The summed E-state index contributed by atoms with van der Waals surface area (Å²) >= 11 is 1.32. The van der Waals surface area contributed by atoms with E-state index in [2.05, 4.69) is 15.6 Å². The number of nitrogens with one attached hydrogen (secondary N) is 2. The molecule has 2 aromatic carbocycles. The molecule has 5 nitrogen and oxygen atoms in total. The quantitative estimate of drug-likeness (QED) is 0.803. The molecule has 3 rings (SSSR count). The number of hydrogen-bond acceptors (Lipinski definition) is 4. The van der Waals surface area contributed by atoms with E-state index in [1.54, 1.807) is 12.1 Å². The first-order chi connectivity index (χ1) is 12.4. The maximum Gasteiger partial charge on any atom is 0.264 e. The number of carbonyl (C=O) groups is 2. The van der Waals surface area contributed by atoms with Crippen molar-refractivity contribution in [3.63, 3.8) is 0 Å². The van der Waals surface area contributed by atoms with E-state index in [1.165, 1.54) is 18.7 Å². The van der Waals surface area contributed by atoms with Crippen LogP contribution < -0.4 is 10.6 Å². The summed E-state index contributed by atoms with van der Waals surface area (Å²) in [6.45, 7) is 5.47. The van der Waals surface area contributed by atoms with Crippen LogP contribution in [0.4, 0.5) is 11.4 Å². The van der Waals surface area contributed by atoms with Crippen LogP contribution in [0.3, 0.4) is 0 Å². The van der Waals surface area contributed by atoms with Crippen LogP contribution in [0, 0.1) is 13.8 Å². The molecule has 2 N–H and O–H groups in total. The Morgan fingerprint density at radius 1 is 1.15 bits per heavy atom. The van der Waals surface area contributed by atoms with Crippen molar-refractivity contribution in [2.45, 2.75) is 20.8 Å². The van der Waals surface area contributed by atoms with E-state index >= 15 is 0 Å². The van der Waals surface area contributed by atoms with Gasteiger partial charge in [0.15, 0.2) is 5.17 Å². The van der Waals surface area contributed by atoms with E-state index in [4.69, 9.17) is 0 Å². The molecule has 0 atom stereocenters. The topological polar surface area (TPSA) is 70.6 Å². The Kier molecular flexibility index (Phi) is 5.23. The van der Waals surface area contributed by atoms with Crippen molar-refractivity contribution in [2.24, 2.45) is 4.99 Å². The molecule has 0 bridgehead atoms. The summed E-state index contributed by atoms with van der Waals surface area (Å²) in [5, 5.41) is 6.09. The number of rotatable bonds is 3. The largest absolute Gasteiger partial charge is 0.326 e. The Balaban J connectivity index is 1.79. The first kappa shape index (κ1) is 17.9. The molecule has 1 heterocycles. The highest BCUT2D eigenvalue weighted by Crippen LogP contribution is 2.29. The molecule has 0 aliphatic carbocycles. The molecule has 2 amide bonds. The zero-order valence-corrected chi connectivity index (χ0v) is 15.6. The van der Waals surface area contributed by atoms with Crippen LogP contribution in [0.15, 0.2) is 52.4 Å². The molecule has 0 saturated carbocycles. The van der Waals surface area contributed by atoms with Crippen molar-refractivity contribution in [2.75, 3.05) is 5.32 Å². The van der Waals surface area contributed by atoms with E-state index in [9.17, 15) is 9.59 Å². The minimum Gasteiger partial charge on any atom is -0.326 e. The summed E-state index contributed by atoms with van der Waals surface area (Å²) in [5.74, 6) is -0.279. The summed E-state index contributed by atoms with van der Waals surface area (Å²) < 4.78 is 0. The van der Waals surface area contributed by atoms with Gasteiger partial charge < -0.3 is 10.6 Å². The number of benzene rings is 2. The van der Waals surface area contributed by atoms with E-state index in [0.717, 1.165) is 28.1 Å². The van der Waals surface area contributed by atoms with Gasteiger partial charge in [-0.2, -0.15) is 0 Å². The van der Waals surface area contributed by atoms with Gasteiger partial charge in [0.25, 0.3) is 5.91 Å². The van der Waals surface area contributed by atoms with Crippen molar-refractivity contribution in [3.05, 3.63) is 64.1 Å². The fourth-order valence-corrected chi connectivity index (χ4v) is 3.28.